The molecular formula is C21H19N3O2. The first-order valence-electron chi connectivity index (χ1n) is 8.61. The lowest BCUT2D eigenvalue weighted by Gasteiger charge is -2.04. The maximum atomic E-state index is 11.7. The van der Waals surface area contributed by atoms with E-state index >= 15 is 0 Å². The number of imidazole rings is 1. The van der Waals surface area contributed by atoms with Crippen LogP contribution in [0.4, 0.5) is 0 Å². The van der Waals surface area contributed by atoms with E-state index < -0.39 is 0 Å². The Kier molecular flexibility index (Phi) is 4.27. The van der Waals surface area contributed by atoms with Gasteiger partial charge in [0.1, 0.15) is 0 Å². The van der Waals surface area contributed by atoms with E-state index in [4.69, 9.17) is 4.74 Å². The number of rotatable bonds is 5. The summed E-state index contributed by atoms with van der Waals surface area (Å²) in [6, 6.07) is 14.8. The Labute approximate surface area is 150 Å². The second-order valence-electron chi connectivity index (χ2n) is 6.07. The van der Waals surface area contributed by atoms with E-state index in [9.17, 15) is 4.79 Å². The summed E-state index contributed by atoms with van der Waals surface area (Å²) in [6.45, 7) is 2.15. The molecule has 0 aliphatic rings. The summed E-state index contributed by atoms with van der Waals surface area (Å²) in [5.41, 5.74) is 3.89. The first-order chi connectivity index (χ1) is 12.7. The molecule has 4 rings (SSSR count). The Bertz CT molecular complexity index is 1100. The Morgan fingerprint density at radius 2 is 2.08 bits per heavy atom. The van der Waals surface area contributed by atoms with Crippen molar-refractivity contribution in [3.05, 3.63) is 77.8 Å². The molecule has 2 heterocycles. The third-order valence-corrected chi connectivity index (χ3v) is 4.33. The van der Waals surface area contributed by atoms with Crippen LogP contribution in [0.5, 0.6) is 0 Å². The van der Waals surface area contributed by atoms with Gasteiger partial charge in [-0.2, -0.15) is 0 Å². The summed E-state index contributed by atoms with van der Waals surface area (Å²) in [5.74, 6) is -0.352. The van der Waals surface area contributed by atoms with Crippen LogP contribution >= 0.6 is 0 Å². The van der Waals surface area contributed by atoms with E-state index in [-0.39, 0.29) is 5.97 Å². The normalized spacial score (nSPS) is 11.6. The number of ether oxygens (including phenoxy) is 1. The average molecular weight is 345 g/mol. The van der Waals surface area contributed by atoms with Crippen LogP contribution in [0.2, 0.25) is 0 Å². The number of nitrogens with one attached hydrogen (secondary N) is 1. The summed E-state index contributed by atoms with van der Waals surface area (Å²) in [6.07, 6.45) is 7.53. The van der Waals surface area contributed by atoms with Gasteiger partial charge in [-0.05, 0) is 29.3 Å². The molecular weight excluding hydrogens is 326 g/mol. The highest BCUT2D eigenvalue weighted by Crippen LogP contribution is 2.22. The number of hydrogen-bond acceptors (Lipinski definition) is 3. The molecule has 0 aliphatic heterocycles. The molecule has 0 saturated heterocycles. The van der Waals surface area contributed by atoms with E-state index in [0.29, 0.717) is 6.61 Å². The number of fused-ring (bicyclic) bond motifs is 2. The fraction of sp³-hybridized carbons (Fsp3) is 0.143. The van der Waals surface area contributed by atoms with Crippen LogP contribution in [0.3, 0.4) is 0 Å². The quantitative estimate of drug-likeness (QED) is 0.440. The Hall–Kier alpha value is -3.34. The van der Waals surface area contributed by atoms with Crippen molar-refractivity contribution >= 4 is 28.5 Å². The van der Waals surface area contributed by atoms with Gasteiger partial charge < -0.3 is 4.74 Å². The van der Waals surface area contributed by atoms with Gasteiger partial charge in [-0.3, -0.25) is 5.10 Å². The monoisotopic (exact) mass is 345 g/mol. The van der Waals surface area contributed by atoms with Crippen molar-refractivity contribution < 1.29 is 9.53 Å². The predicted octanol–water partition coefficient (Wildman–Crippen LogP) is 3.98. The maximum absolute atomic E-state index is 11.7. The van der Waals surface area contributed by atoms with Gasteiger partial charge in [0, 0.05) is 36.1 Å². The Morgan fingerprint density at radius 1 is 1.23 bits per heavy atom. The first kappa shape index (κ1) is 16.1. The molecule has 0 saturated carbocycles. The number of aromatic nitrogens is 3. The topological polar surface area (TPSA) is 59.4 Å². The zero-order valence-corrected chi connectivity index (χ0v) is 14.5. The van der Waals surface area contributed by atoms with Crippen molar-refractivity contribution in [2.24, 2.45) is 0 Å². The first-order valence-corrected chi connectivity index (χ1v) is 8.61. The number of hydrogen-bond donors (Lipinski definition) is 1. The van der Waals surface area contributed by atoms with Gasteiger partial charge in [0.2, 0.25) is 0 Å². The number of H-pyrrole nitrogens is 1. The van der Waals surface area contributed by atoms with Gasteiger partial charge in [0.25, 0.3) is 0 Å². The fourth-order valence-electron chi connectivity index (χ4n) is 3.14. The standard InChI is InChI=1S/C21H19N3O2/c1-2-26-20(25)10-9-18-19(23-24-12-11-22-21(18)24)14-15-7-8-16-5-3-4-6-17(16)13-15/h3-13,23H,2,14H2,1H3. The SMILES string of the molecule is CCOC(=O)C=Cc1c(Cc2ccc3ccccc3c2)[nH]n2ccnc12. The van der Waals surface area contributed by atoms with Gasteiger partial charge in [0.05, 0.1) is 6.61 Å². The highest BCUT2D eigenvalue weighted by molar-refractivity contribution is 5.89. The molecule has 26 heavy (non-hydrogen) atoms. The minimum absolute atomic E-state index is 0.352. The molecule has 0 amide bonds. The summed E-state index contributed by atoms with van der Waals surface area (Å²) >= 11 is 0. The molecule has 2 aromatic heterocycles. The van der Waals surface area contributed by atoms with Gasteiger partial charge in [-0.1, -0.05) is 42.5 Å². The molecule has 0 atom stereocenters. The van der Waals surface area contributed by atoms with Crippen molar-refractivity contribution in [3.8, 4) is 0 Å². The Morgan fingerprint density at radius 3 is 2.92 bits per heavy atom. The highest BCUT2D eigenvalue weighted by Gasteiger charge is 2.12. The third-order valence-electron chi connectivity index (χ3n) is 4.33. The number of carbonyl (C=O) groups is 1. The largest absolute Gasteiger partial charge is 0.463 e. The molecule has 2 aromatic carbocycles. The van der Waals surface area contributed by atoms with E-state index in [0.717, 1.165) is 23.3 Å². The highest BCUT2D eigenvalue weighted by atomic mass is 16.5. The lowest BCUT2D eigenvalue weighted by Crippen LogP contribution is -1.99. The molecule has 0 radical (unpaired) electrons. The summed E-state index contributed by atoms with van der Waals surface area (Å²) in [7, 11) is 0. The minimum Gasteiger partial charge on any atom is -0.463 e. The van der Waals surface area contributed by atoms with Crippen molar-refractivity contribution in [3.63, 3.8) is 0 Å². The lowest BCUT2D eigenvalue weighted by atomic mass is 10.0. The van der Waals surface area contributed by atoms with Gasteiger partial charge >= 0.3 is 5.97 Å². The molecule has 1 N–H and O–H groups in total. The predicted molar refractivity (Wildman–Crippen MR) is 102 cm³/mol. The van der Waals surface area contributed by atoms with Crippen molar-refractivity contribution in [1.29, 1.82) is 0 Å². The van der Waals surface area contributed by atoms with E-state index in [1.165, 1.54) is 22.4 Å². The molecule has 5 nitrogen and oxygen atoms in total. The van der Waals surface area contributed by atoms with E-state index in [1.807, 2.05) is 22.8 Å². The van der Waals surface area contributed by atoms with Gasteiger partial charge in [0.15, 0.2) is 5.65 Å². The van der Waals surface area contributed by atoms with Crippen LogP contribution in [0.1, 0.15) is 23.7 Å². The van der Waals surface area contributed by atoms with Crippen molar-refractivity contribution in [2.75, 3.05) is 6.61 Å². The lowest BCUT2D eigenvalue weighted by molar-refractivity contribution is -0.137. The van der Waals surface area contributed by atoms with E-state index in [1.54, 1.807) is 19.2 Å². The number of esters is 1. The fourth-order valence-corrected chi connectivity index (χ4v) is 3.14. The minimum atomic E-state index is -0.352. The van der Waals surface area contributed by atoms with Crippen molar-refractivity contribution in [1.82, 2.24) is 14.6 Å². The van der Waals surface area contributed by atoms with Crippen LogP contribution in [0.25, 0.3) is 22.5 Å². The molecule has 0 spiro atoms. The summed E-state index contributed by atoms with van der Waals surface area (Å²) in [4.78, 5) is 16.1. The molecule has 0 bridgehead atoms. The molecule has 4 aromatic rings. The molecule has 0 fully saturated rings. The molecule has 130 valence electrons. The number of carbonyl (C=O) groups excluding carboxylic acids is 1. The molecule has 5 heteroatoms. The zero-order valence-electron chi connectivity index (χ0n) is 14.5. The number of benzene rings is 2. The van der Waals surface area contributed by atoms with Gasteiger partial charge in [-0.25, -0.2) is 14.3 Å². The average Bonchev–Trinajstić information content (AvgIpc) is 3.21. The maximum Gasteiger partial charge on any atom is 0.330 e. The van der Waals surface area contributed by atoms with Crippen LogP contribution in [-0.2, 0) is 16.0 Å². The van der Waals surface area contributed by atoms with Gasteiger partial charge in [-0.15, -0.1) is 0 Å². The molecule has 0 aliphatic carbocycles. The molecule has 0 unspecified atom stereocenters. The second-order valence-corrected chi connectivity index (χ2v) is 6.07. The summed E-state index contributed by atoms with van der Waals surface area (Å²) in [5, 5.41) is 5.78. The summed E-state index contributed by atoms with van der Waals surface area (Å²) < 4.78 is 6.84. The third kappa shape index (κ3) is 3.11. The van der Waals surface area contributed by atoms with E-state index in [2.05, 4.69) is 40.4 Å². The smallest absolute Gasteiger partial charge is 0.330 e. The number of aromatic amines is 1. The Balaban J connectivity index is 1.69. The van der Waals surface area contributed by atoms with Crippen LogP contribution in [-0.4, -0.2) is 27.2 Å². The van der Waals surface area contributed by atoms with Crippen LogP contribution in [0, 0.1) is 0 Å². The van der Waals surface area contributed by atoms with Crippen LogP contribution in [0.15, 0.2) is 60.9 Å². The second kappa shape index (κ2) is 6.88. The van der Waals surface area contributed by atoms with Crippen LogP contribution < -0.4 is 0 Å². The zero-order chi connectivity index (χ0) is 17.9. The number of nitrogens with zero attached hydrogens (tertiary/aromatic N) is 2. The van der Waals surface area contributed by atoms with Crippen molar-refractivity contribution in [2.45, 2.75) is 13.3 Å².